The lowest BCUT2D eigenvalue weighted by Gasteiger charge is -2.07. The van der Waals surface area contributed by atoms with Gasteiger partial charge in [0, 0.05) is 32.1 Å². The monoisotopic (exact) mass is 287 g/mol. The van der Waals surface area contributed by atoms with E-state index in [-0.39, 0.29) is 5.91 Å². The predicted molar refractivity (Wildman–Crippen MR) is 80.8 cm³/mol. The summed E-state index contributed by atoms with van der Waals surface area (Å²) in [5, 5.41) is 8.61. The summed E-state index contributed by atoms with van der Waals surface area (Å²) in [6, 6.07) is 6.26. The van der Waals surface area contributed by atoms with Crippen molar-refractivity contribution in [1.29, 1.82) is 0 Å². The van der Waals surface area contributed by atoms with Gasteiger partial charge in [-0.2, -0.15) is 5.10 Å². The summed E-state index contributed by atoms with van der Waals surface area (Å²) >= 11 is 0. The van der Waals surface area contributed by atoms with Crippen molar-refractivity contribution in [2.45, 2.75) is 26.3 Å². The van der Waals surface area contributed by atoms with Crippen molar-refractivity contribution in [3.63, 3.8) is 0 Å². The molecule has 5 nitrogen and oxygen atoms in total. The summed E-state index contributed by atoms with van der Waals surface area (Å²) in [4.78, 5) is 12.0. The maximum Gasteiger partial charge on any atom is 0.220 e. The highest BCUT2D eigenvalue weighted by Crippen LogP contribution is 2.20. The van der Waals surface area contributed by atoms with Crippen LogP contribution in [0.25, 0.3) is 10.9 Å². The van der Waals surface area contributed by atoms with E-state index in [9.17, 15) is 4.79 Å². The van der Waals surface area contributed by atoms with E-state index in [0.29, 0.717) is 25.5 Å². The van der Waals surface area contributed by atoms with Gasteiger partial charge in [-0.25, -0.2) is 0 Å². The third-order valence-electron chi connectivity index (χ3n) is 4.03. The van der Waals surface area contributed by atoms with Gasteiger partial charge in [0.15, 0.2) is 0 Å². The van der Waals surface area contributed by atoms with Gasteiger partial charge < -0.3 is 10.1 Å². The van der Waals surface area contributed by atoms with Crippen molar-refractivity contribution in [1.82, 2.24) is 15.1 Å². The molecule has 1 unspecified atom stereocenters. The van der Waals surface area contributed by atoms with Crippen LogP contribution >= 0.6 is 0 Å². The minimum absolute atomic E-state index is 0.0805. The van der Waals surface area contributed by atoms with Crippen LogP contribution in [-0.2, 0) is 23.1 Å². The Balaban J connectivity index is 1.67. The number of amides is 1. The maximum atomic E-state index is 12.0. The second-order valence-electron chi connectivity index (χ2n) is 5.80. The van der Waals surface area contributed by atoms with Crippen LogP contribution in [0.1, 0.15) is 24.1 Å². The number of aryl methyl sites for hydroxylation is 2. The summed E-state index contributed by atoms with van der Waals surface area (Å²) in [6.45, 7) is 4.03. The zero-order valence-corrected chi connectivity index (χ0v) is 12.6. The Morgan fingerprint density at radius 1 is 1.52 bits per heavy atom. The van der Waals surface area contributed by atoms with Crippen molar-refractivity contribution >= 4 is 16.8 Å². The molecule has 1 saturated heterocycles. The third-order valence-corrected chi connectivity index (χ3v) is 4.03. The summed E-state index contributed by atoms with van der Waals surface area (Å²) in [5.41, 5.74) is 3.22. The highest BCUT2D eigenvalue weighted by atomic mass is 16.5. The molecule has 1 atom stereocenters. The fourth-order valence-electron chi connectivity index (χ4n) is 2.84. The molecular weight excluding hydrogens is 266 g/mol. The molecule has 1 amide bonds. The van der Waals surface area contributed by atoms with Crippen molar-refractivity contribution in [2.24, 2.45) is 13.0 Å². The zero-order valence-electron chi connectivity index (χ0n) is 12.6. The molecule has 1 aliphatic heterocycles. The van der Waals surface area contributed by atoms with E-state index in [0.717, 1.165) is 29.6 Å². The van der Waals surface area contributed by atoms with Crippen LogP contribution in [0.3, 0.4) is 0 Å². The molecule has 0 bridgehead atoms. The number of hydrogen-bond donors (Lipinski definition) is 1. The molecule has 1 aromatic heterocycles. The molecule has 0 saturated carbocycles. The highest BCUT2D eigenvalue weighted by molar-refractivity contribution is 5.83. The van der Waals surface area contributed by atoms with Crippen LogP contribution in [0.2, 0.25) is 0 Å². The lowest BCUT2D eigenvalue weighted by atomic mass is 10.0. The number of ether oxygens (including phenoxy) is 1. The summed E-state index contributed by atoms with van der Waals surface area (Å²) in [5.74, 6) is 0.449. The average Bonchev–Trinajstić information content (AvgIpc) is 3.05. The topological polar surface area (TPSA) is 56.1 Å². The number of aromatic nitrogens is 2. The van der Waals surface area contributed by atoms with Gasteiger partial charge in [-0.3, -0.25) is 9.48 Å². The number of nitrogens with zero attached hydrogens (tertiary/aromatic N) is 2. The molecular formula is C16H21N3O2. The summed E-state index contributed by atoms with van der Waals surface area (Å²) in [7, 11) is 1.93. The Labute approximate surface area is 124 Å². The van der Waals surface area contributed by atoms with Crippen molar-refractivity contribution in [3.05, 3.63) is 29.5 Å². The van der Waals surface area contributed by atoms with Gasteiger partial charge in [-0.05, 0) is 31.4 Å². The number of nitrogens with one attached hydrogen (secondary N) is 1. The van der Waals surface area contributed by atoms with Crippen LogP contribution in [0.5, 0.6) is 0 Å². The number of fused-ring (bicyclic) bond motifs is 1. The van der Waals surface area contributed by atoms with E-state index < -0.39 is 0 Å². The highest BCUT2D eigenvalue weighted by Gasteiger charge is 2.19. The van der Waals surface area contributed by atoms with Gasteiger partial charge in [0.2, 0.25) is 5.91 Å². The van der Waals surface area contributed by atoms with E-state index in [4.69, 9.17) is 4.74 Å². The standard InChI is InChI=1S/C16H21N3O2/c1-11-3-4-15-13(7-11)14(18-19(15)2)9-17-16(20)8-12-5-6-21-10-12/h3-4,7,12H,5-6,8-10H2,1-2H3,(H,17,20). The van der Waals surface area contributed by atoms with E-state index in [1.807, 2.05) is 11.7 Å². The first-order valence-corrected chi connectivity index (χ1v) is 7.40. The molecule has 1 aliphatic rings. The van der Waals surface area contributed by atoms with Crippen LogP contribution in [0.4, 0.5) is 0 Å². The van der Waals surface area contributed by atoms with Gasteiger partial charge in [-0.15, -0.1) is 0 Å². The first-order chi connectivity index (χ1) is 10.1. The Morgan fingerprint density at radius 2 is 2.38 bits per heavy atom. The third kappa shape index (κ3) is 3.08. The number of rotatable bonds is 4. The minimum Gasteiger partial charge on any atom is -0.381 e. The molecule has 0 spiro atoms. The zero-order chi connectivity index (χ0) is 14.8. The first kappa shape index (κ1) is 14.1. The number of carbonyl (C=O) groups excluding carboxylic acids is 1. The predicted octanol–water partition coefficient (Wildman–Crippen LogP) is 1.92. The molecule has 21 heavy (non-hydrogen) atoms. The fourth-order valence-corrected chi connectivity index (χ4v) is 2.84. The first-order valence-electron chi connectivity index (χ1n) is 7.40. The van der Waals surface area contributed by atoms with Gasteiger partial charge in [0.05, 0.1) is 17.8 Å². The maximum absolute atomic E-state index is 12.0. The normalized spacial score (nSPS) is 18.3. The van der Waals surface area contributed by atoms with E-state index >= 15 is 0 Å². The molecule has 2 heterocycles. The molecule has 1 aromatic carbocycles. The fraction of sp³-hybridized carbons (Fsp3) is 0.500. The SMILES string of the molecule is Cc1ccc2c(c1)c(CNC(=O)CC1CCOC1)nn2C. The number of benzene rings is 1. The van der Waals surface area contributed by atoms with E-state index in [1.54, 1.807) is 0 Å². The molecule has 3 rings (SSSR count). The van der Waals surface area contributed by atoms with Gasteiger partial charge in [0.25, 0.3) is 0 Å². The Kier molecular flexibility index (Phi) is 3.92. The van der Waals surface area contributed by atoms with Gasteiger partial charge in [-0.1, -0.05) is 11.6 Å². The van der Waals surface area contributed by atoms with Crippen LogP contribution in [0.15, 0.2) is 18.2 Å². The molecule has 2 aromatic rings. The van der Waals surface area contributed by atoms with E-state index in [1.165, 1.54) is 5.56 Å². The van der Waals surface area contributed by atoms with Crippen molar-refractivity contribution < 1.29 is 9.53 Å². The second-order valence-corrected chi connectivity index (χ2v) is 5.80. The smallest absolute Gasteiger partial charge is 0.220 e. The second kappa shape index (κ2) is 5.85. The van der Waals surface area contributed by atoms with Crippen LogP contribution in [-0.4, -0.2) is 28.9 Å². The van der Waals surface area contributed by atoms with E-state index in [2.05, 4.69) is 35.5 Å². The summed E-state index contributed by atoms with van der Waals surface area (Å²) in [6.07, 6.45) is 1.53. The van der Waals surface area contributed by atoms with Crippen LogP contribution < -0.4 is 5.32 Å². The Bertz CT molecular complexity index is 657. The Hall–Kier alpha value is -1.88. The molecule has 1 N–H and O–H groups in total. The molecule has 5 heteroatoms. The minimum atomic E-state index is 0.0805. The van der Waals surface area contributed by atoms with Gasteiger partial charge in [0.1, 0.15) is 0 Å². The lowest BCUT2D eigenvalue weighted by molar-refractivity contribution is -0.122. The molecule has 0 radical (unpaired) electrons. The molecule has 1 fully saturated rings. The lowest BCUT2D eigenvalue weighted by Crippen LogP contribution is -2.25. The number of hydrogen-bond acceptors (Lipinski definition) is 3. The average molecular weight is 287 g/mol. The molecule has 112 valence electrons. The summed E-state index contributed by atoms with van der Waals surface area (Å²) < 4.78 is 7.16. The van der Waals surface area contributed by atoms with Crippen LogP contribution in [0, 0.1) is 12.8 Å². The quantitative estimate of drug-likeness (QED) is 0.934. The molecule has 0 aliphatic carbocycles. The number of carbonyl (C=O) groups is 1. The van der Waals surface area contributed by atoms with Crippen molar-refractivity contribution in [2.75, 3.05) is 13.2 Å². The largest absolute Gasteiger partial charge is 0.381 e. The Morgan fingerprint density at radius 3 is 3.14 bits per heavy atom. The van der Waals surface area contributed by atoms with Crippen molar-refractivity contribution in [3.8, 4) is 0 Å². The van der Waals surface area contributed by atoms with Gasteiger partial charge >= 0.3 is 0 Å².